The van der Waals surface area contributed by atoms with Crippen LogP contribution >= 0.6 is 11.8 Å². The fourth-order valence-electron chi connectivity index (χ4n) is 1.25. The summed E-state index contributed by atoms with van der Waals surface area (Å²) in [6.07, 6.45) is 2.04. The van der Waals surface area contributed by atoms with Gasteiger partial charge >= 0.3 is 5.69 Å². The molecular weight excluding hydrogens is 216 g/mol. The van der Waals surface area contributed by atoms with Crippen molar-refractivity contribution in [2.24, 2.45) is 0 Å². The Labute approximate surface area is 90.4 Å². The van der Waals surface area contributed by atoms with Crippen molar-refractivity contribution in [2.45, 2.75) is 24.0 Å². The number of thioether (sulfide) groups is 1. The molecule has 82 valence electrons. The largest absolute Gasteiger partial charge is 0.358 e. The van der Waals surface area contributed by atoms with Crippen molar-refractivity contribution in [2.75, 3.05) is 12.8 Å². The van der Waals surface area contributed by atoms with Crippen LogP contribution in [0.25, 0.3) is 0 Å². The van der Waals surface area contributed by atoms with E-state index in [1.165, 1.54) is 11.8 Å². The van der Waals surface area contributed by atoms with Crippen molar-refractivity contribution < 1.29 is 4.79 Å². The van der Waals surface area contributed by atoms with Crippen molar-refractivity contribution in [3.05, 3.63) is 10.5 Å². The maximum absolute atomic E-state index is 11.4. The van der Waals surface area contributed by atoms with Crippen molar-refractivity contribution in [1.29, 1.82) is 0 Å². The van der Waals surface area contributed by atoms with Gasteiger partial charge in [0.1, 0.15) is 0 Å². The monoisotopic (exact) mass is 228 g/mol. The smallest absolute Gasteiger partial charge is 0.344 e. The van der Waals surface area contributed by atoms with Gasteiger partial charge in [-0.05, 0) is 12.8 Å². The molecule has 0 atom stereocenters. The molecule has 1 aliphatic rings. The van der Waals surface area contributed by atoms with Crippen LogP contribution < -0.4 is 11.0 Å². The number of hydrogen-bond acceptors (Lipinski definition) is 4. The normalized spacial score (nSPS) is 15.3. The highest BCUT2D eigenvalue weighted by atomic mass is 32.2. The summed E-state index contributed by atoms with van der Waals surface area (Å²) < 4.78 is 1.63. The molecule has 0 radical (unpaired) electrons. The Morgan fingerprint density at radius 1 is 1.73 bits per heavy atom. The number of nitrogens with zero attached hydrogens (tertiary/aromatic N) is 2. The average molecular weight is 228 g/mol. The van der Waals surface area contributed by atoms with E-state index < -0.39 is 0 Å². The number of rotatable bonds is 4. The first-order chi connectivity index (χ1) is 7.22. The molecule has 15 heavy (non-hydrogen) atoms. The Morgan fingerprint density at radius 3 is 3.07 bits per heavy atom. The molecule has 1 fully saturated rings. The quantitative estimate of drug-likeness (QED) is 0.696. The Balaban J connectivity index is 2.07. The first-order valence-electron chi connectivity index (χ1n) is 4.72. The number of nitrogens with one attached hydrogen (secondary N) is 2. The lowest BCUT2D eigenvalue weighted by Gasteiger charge is -2.02. The summed E-state index contributed by atoms with van der Waals surface area (Å²) in [6, 6.07) is 0.281. The number of amides is 1. The van der Waals surface area contributed by atoms with Crippen molar-refractivity contribution >= 4 is 17.7 Å². The minimum atomic E-state index is -0.183. The number of carbonyl (C=O) groups excluding carboxylic acids is 1. The number of H-pyrrole nitrogens is 1. The molecule has 1 aromatic heterocycles. The second-order valence-electron chi connectivity index (χ2n) is 3.37. The third-order valence-electron chi connectivity index (χ3n) is 2.20. The second kappa shape index (κ2) is 4.09. The Hall–Kier alpha value is -1.24. The van der Waals surface area contributed by atoms with Gasteiger partial charge in [-0.3, -0.25) is 9.36 Å². The second-order valence-corrected chi connectivity index (χ2v) is 4.32. The molecule has 1 heterocycles. The summed E-state index contributed by atoms with van der Waals surface area (Å²) in [5, 5.41) is 9.42. The fraction of sp³-hybridized carbons (Fsp3) is 0.625. The third-order valence-corrected chi connectivity index (χ3v) is 3.15. The van der Waals surface area contributed by atoms with Gasteiger partial charge in [0.15, 0.2) is 5.16 Å². The van der Waals surface area contributed by atoms with E-state index in [-0.39, 0.29) is 23.4 Å². The van der Waals surface area contributed by atoms with Crippen LogP contribution in [0.1, 0.15) is 18.9 Å². The van der Waals surface area contributed by atoms with Crippen molar-refractivity contribution in [3.8, 4) is 0 Å². The van der Waals surface area contributed by atoms with Gasteiger partial charge in [-0.1, -0.05) is 11.8 Å². The fourth-order valence-corrected chi connectivity index (χ4v) is 2.13. The molecular formula is C8H12N4O2S. The van der Waals surface area contributed by atoms with Crippen LogP contribution in [0.4, 0.5) is 0 Å². The summed E-state index contributed by atoms with van der Waals surface area (Å²) in [7, 11) is 1.58. The van der Waals surface area contributed by atoms with E-state index in [9.17, 15) is 9.59 Å². The lowest BCUT2D eigenvalue weighted by Crippen LogP contribution is -2.21. The van der Waals surface area contributed by atoms with E-state index in [1.807, 2.05) is 0 Å². The summed E-state index contributed by atoms with van der Waals surface area (Å²) >= 11 is 1.28. The number of aromatic amines is 1. The lowest BCUT2D eigenvalue weighted by molar-refractivity contribution is -0.118. The molecule has 0 aliphatic heterocycles. The first kappa shape index (κ1) is 10.3. The summed E-state index contributed by atoms with van der Waals surface area (Å²) in [4.78, 5) is 22.4. The summed E-state index contributed by atoms with van der Waals surface area (Å²) in [6.45, 7) is 0. The molecule has 7 heteroatoms. The Morgan fingerprint density at radius 2 is 2.47 bits per heavy atom. The summed E-state index contributed by atoms with van der Waals surface area (Å²) in [5.74, 6) is 0.214. The van der Waals surface area contributed by atoms with Crippen molar-refractivity contribution in [1.82, 2.24) is 20.1 Å². The SMILES string of the molecule is CNC(=O)CSc1n[nH]c(=O)n1C1CC1. The van der Waals surface area contributed by atoms with Crippen LogP contribution in [0, 0.1) is 0 Å². The van der Waals surface area contributed by atoms with E-state index in [0.717, 1.165) is 12.8 Å². The van der Waals surface area contributed by atoms with Gasteiger partial charge < -0.3 is 5.32 Å². The molecule has 0 bridgehead atoms. The zero-order valence-corrected chi connectivity index (χ0v) is 9.13. The molecule has 0 spiro atoms. The van der Waals surface area contributed by atoms with Crippen LogP contribution in [-0.2, 0) is 4.79 Å². The number of hydrogen-bond donors (Lipinski definition) is 2. The molecule has 0 aromatic carbocycles. The highest BCUT2D eigenvalue weighted by molar-refractivity contribution is 7.99. The van der Waals surface area contributed by atoms with E-state index in [1.54, 1.807) is 11.6 Å². The van der Waals surface area contributed by atoms with Crippen LogP contribution in [0.2, 0.25) is 0 Å². The minimum absolute atomic E-state index is 0.0715. The highest BCUT2D eigenvalue weighted by Crippen LogP contribution is 2.35. The molecule has 1 amide bonds. The van der Waals surface area contributed by atoms with Gasteiger partial charge in [0.05, 0.1) is 5.75 Å². The van der Waals surface area contributed by atoms with Gasteiger partial charge in [0, 0.05) is 13.1 Å². The summed E-state index contributed by atoms with van der Waals surface area (Å²) in [5.41, 5.74) is -0.183. The van der Waals surface area contributed by atoms with E-state index in [0.29, 0.717) is 5.16 Å². The molecule has 1 aliphatic carbocycles. The predicted molar refractivity (Wildman–Crippen MR) is 55.9 cm³/mol. The van der Waals surface area contributed by atoms with Gasteiger partial charge in [-0.25, -0.2) is 9.89 Å². The third kappa shape index (κ3) is 2.23. The lowest BCUT2D eigenvalue weighted by atomic mass is 10.7. The number of carbonyl (C=O) groups is 1. The standard InChI is InChI=1S/C8H12N4O2S/c1-9-6(13)4-15-8-11-10-7(14)12(8)5-2-3-5/h5H,2-4H2,1H3,(H,9,13)(H,10,14). The minimum Gasteiger partial charge on any atom is -0.358 e. The average Bonchev–Trinajstić information content (AvgIpc) is 3.00. The Kier molecular flexibility index (Phi) is 2.81. The molecule has 0 saturated heterocycles. The molecule has 6 nitrogen and oxygen atoms in total. The maximum Gasteiger partial charge on any atom is 0.344 e. The zero-order valence-electron chi connectivity index (χ0n) is 8.32. The Bertz CT molecular complexity index is 421. The molecule has 1 saturated carbocycles. The molecule has 2 N–H and O–H groups in total. The van der Waals surface area contributed by atoms with Gasteiger partial charge in [0.2, 0.25) is 5.91 Å². The zero-order chi connectivity index (χ0) is 10.8. The molecule has 1 aromatic rings. The van der Waals surface area contributed by atoms with E-state index in [4.69, 9.17) is 0 Å². The number of aromatic nitrogens is 3. The first-order valence-corrected chi connectivity index (χ1v) is 5.71. The maximum atomic E-state index is 11.4. The van der Waals surface area contributed by atoms with Crippen LogP contribution in [0.15, 0.2) is 9.95 Å². The van der Waals surface area contributed by atoms with Crippen molar-refractivity contribution in [3.63, 3.8) is 0 Å². The van der Waals surface area contributed by atoms with E-state index >= 15 is 0 Å². The topological polar surface area (TPSA) is 79.8 Å². The van der Waals surface area contributed by atoms with Gasteiger partial charge in [-0.2, -0.15) is 0 Å². The van der Waals surface area contributed by atoms with Gasteiger partial charge in [0.25, 0.3) is 0 Å². The van der Waals surface area contributed by atoms with Crippen LogP contribution in [-0.4, -0.2) is 33.5 Å². The molecule has 2 rings (SSSR count). The van der Waals surface area contributed by atoms with Crippen LogP contribution in [0.5, 0.6) is 0 Å². The highest BCUT2D eigenvalue weighted by Gasteiger charge is 2.28. The van der Waals surface area contributed by atoms with Gasteiger partial charge in [-0.15, -0.1) is 5.10 Å². The van der Waals surface area contributed by atoms with E-state index in [2.05, 4.69) is 15.5 Å². The predicted octanol–water partition coefficient (Wildman–Crippen LogP) is -0.256. The molecule has 0 unspecified atom stereocenters. The van der Waals surface area contributed by atoms with Crippen LogP contribution in [0.3, 0.4) is 0 Å².